The van der Waals surface area contributed by atoms with Crippen LogP contribution >= 0.6 is 11.8 Å². The van der Waals surface area contributed by atoms with Crippen LogP contribution in [0.15, 0.2) is 114 Å². The number of rotatable bonds is 9. The first-order valence-corrected chi connectivity index (χ1v) is 15.2. The molecule has 2 fully saturated rings. The van der Waals surface area contributed by atoms with E-state index >= 15 is 0 Å². The van der Waals surface area contributed by atoms with Crippen molar-refractivity contribution in [2.24, 2.45) is 0 Å². The first kappa shape index (κ1) is 29.4. The van der Waals surface area contributed by atoms with E-state index in [0.29, 0.717) is 12.2 Å². The third-order valence-corrected chi connectivity index (χ3v) is 8.87. The fourth-order valence-electron chi connectivity index (χ4n) is 5.23. The molecule has 2 aliphatic heterocycles. The molecule has 0 saturated carbocycles. The predicted molar refractivity (Wildman–Crippen MR) is 163 cm³/mol. The van der Waals surface area contributed by atoms with E-state index in [2.05, 4.69) is 13.0 Å². The normalized spacial score (nSPS) is 25.0. The van der Waals surface area contributed by atoms with Crippen LogP contribution in [0, 0.1) is 6.92 Å². The molecule has 0 aromatic heterocycles. The molecule has 1 unspecified atom stereocenters. The second-order valence-electron chi connectivity index (χ2n) is 10.5. The van der Waals surface area contributed by atoms with Crippen molar-refractivity contribution in [3.8, 4) is 5.75 Å². The highest BCUT2D eigenvalue weighted by Crippen LogP contribution is 2.42. The van der Waals surface area contributed by atoms with Gasteiger partial charge < -0.3 is 28.4 Å². The second-order valence-corrected chi connectivity index (χ2v) is 11.6. The van der Waals surface area contributed by atoms with Gasteiger partial charge >= 0.3 is 5.97 Å². The minimum absolute atomic E-state index is 0.288. The molecule has 0 amide bonds. The molecule has 6 rings (SSSR count). The highest BCUT2D eigenvalue weighted by Gasteiger charge is 2.53. The quantitative estimate of drug-likeness (QED) is 0.196. The summed E-state index contributed by atoms with van der Waals surface area (Å²) in [5, 5.41) is 0. The number of thioether (sulfide) groups is 1. The van der Waals surface area contributed by atoms with Crippen LogP contribution in [0.3, 0.4) is 0 Å². The molecule has 7 nitrogen and oxygen atoms in total. The van der Waals surface area contributed by atoms with Crippen molar-refractivity contribution in [1.82, 2.24) is 0 Å². The molecular formula is C35H34O7S. The zero-order valence-corrected chi connectivity index (χ0v) is 24.9. The van der Waals surface area contributed by atoms with Crippen LogP contribution in [-0.4, -0.2) is 49.5 Å². The zero-order valence-electron chi connectivity index (χ0n) is 24.0. The summed E-state index contributed by atoms with van der Waals surface area (Å²) in [5.74, 6) is 0.293. The minimum atomic E-state index is -0.781. The second kappa shape index (κ2) is 13.8. The molecule has 2 saturated heterocycles. The molecule has 2 heterocycles. The SMILES string of the molecule is COc1ccc(C2OC[C@H]3O[C@@H](Sc4ccccc4C)[C@H](OC(=O)c4ccccc4)[C@@H](OCc4ccccc4)[C@@H]3O2)cc1. The first-order valence-electron chi connectivity index (χ1n) is 14.3. The molecular weight excluding hydrogens is 564 g/mol. The maximum atomic E-state index is 13.5. The smallest absolute Gasteiger partial charge is 0.338 e. The van der Waals surface area contributed by atoms with Crippen molar-refractivity contribution in [3.05, 3.63) is 131 Å². The van der Waals surface area contributed by atoms with E-state index in [1.54, 1.807) is 19.2 Å². The minimum Gasteiger partial charge on any atom is -0.497 e. The van der Waals surface area contributed by atoms with Crippen molar-refractivity contribution < 1.29 is 33.2 Å². The van der Waals surface area contributed by atoms with Crippen LogP contribution in [0.2, 0.25) is 0 Å². The van der Waals surface area contributed by atoms with Gasteiger partial charge in [0.05, 0.1) is 25.9 Å². The molecule has 222 valence electrons. The highest BCUT2D eigenvalue weighted by atomic mass is 32.2. The summed E-state index contributed by atoms with van der Waals surface area (Å²) >= 11 is 1.51. The van der Waals surface area contributed by atoms with E-state index < -0.39 is 42.1 Å². The van der Waals surface area contributed by atoms with Gasteiger partial charge in [0, 0.05) is 10.5 Å². The Labute approximate surface area is 256 Å². The molecule has 4 aromatic rings. The average Bonchev–Trinajstić information content (AvgIpc) is 3.06. The Morgan fingerprint density at radius 2 is 1.53 bits per heavy atom. The van der Waals surface area contributed by atoms with Crippen LogP contribution in [0.1, 0.15) is 33.3 Å². The number of carbonyl (C=O) groups is 1. The third-order valence-electron chi connectivity index (χ3n) is 7.55. The zero-order chi connectivity index (χ0) is 29.6. The van der Waals surface area contributed by atoms with Gasteiger partial charge in [0.1, 0.15) is 29.5 Å². The number of benzene rings is 4. The summed E-state index contributed by atoms with van der Waals surface area (Å²) in [6.07, 6.45) is -3.07. The van der Waals surface area contributed by atoms with E-state index in [1.807, 2.05) is 91.0 Å². The van der Waals surface area contributed by atoms with Gasteiger partial charge in [0.2, 0.25) is 0 Å². The van der Waals surface area contributed by atoms with Crippen molar-refractivity contribution in [1.29, 1.82) is 0 Å². The van der Waals surface area contributed by atoms with Gasteiger partial charge in [-0.1, -0.05) is 90.6 Å². The molecule has 0 aliphatic carbocycles. The van der Waals surface area contributed by atoms with Gasteiger partial charge in [-0.3, -0.25) is 0 Å². The number of ether oxygens (including phenoxy) is 6. The van der Waals surface area contributed by atoms with Crippen LogP contribution in [0.4, 0.5) is 0 Å². The Bertz CT molecular complexity index is 1480. The summed E-state index contributed by atoms with van der Waals surface area (Å²) in [4.78, 5) is 14.5. The van der Waals surface area contributed by atoms with E-state index in [0.717, 1.165) is 27.3 Å². The van der Waals surface area contributed by atoms with E-state index in [9.17, 15) is 4.79 Å². The monoisotopic (exact) mass is 598 g/mol. The Kier molecular flexibility index (Phi) is 9.41. The molecule has 2 aliphatic rings. The van der Waals surface area contributed by atoms with Crippen LogP contribution < -0.4 is 4.74 Å². The number of aryl methyl sites for hydroxylation is 1. The molecule has 0 bridgehead atoms. The lowest BCUT2D eigenvalue weighted by Crippen LogP contribution is -2.62. The Balaban J connectivity index is 1.33. The van der Waals surface area contributed by atoms with Gasteiger partial charge in [-0.2, -0.15) is 0 Å². The van der Waals surface area contributed by atoms with E-state index in [-0.39, 0.29) is 6.61 Å². The standard InChI is InChI=1S/C35H34O7S/c1-23-11-9-10-16-29(23)43-35-32(41-33(36)25-14-7-4-8-15-25)31(38-21-24-12-5-3-6-13-24)30-28(40-35)22-39-34(42-30)26-17-19-27(37-2)20-18-26/h3-20,28,30-32,34-35H,21-22H2,1-2H3/t28-,30-,31+,32-,34?,35+/m1/s1. The molecule has 0 N–H and O–H groups in total. The Morgan fingerprint density at radius 3 is 2.26 bits per heavy atom. The maximum absolute atomic E-state index is 13.5. The van der Waals surface area contributed by atoms with Gasteiger partial charge in [-0.15, -0.1) is 0 Å². The summed E-state index contributed by atoms with van der Waals surface area (Å²) in [6, 6.07) is 34.5. The largest absolute Gasteiger partial charge is 0.497 e. The van der Waals surface area contributed by atoms with Crippen molar-refractivity contribution in [2.45, 2.75) is 54.6 Å². The summed E-state index contributed by atoms with van der Waals surface area (Å²) in [6.45, 7) is 2.65. The lowest BCUT2D eigenvalue weighted by atomic mass is 9.98. The number of hydrogen-bond acceptors (Lipinski definition) is 8. The average molecular weight is 599 g/mol. The van der Waals surface area contributed by atoms with E-state index in [1.165, 1.54) is 11.8 Å². The van der Waals surface area contributed by atoms with Gasteiger partial charge in [0.15, 0.2) is 12.4 Å². The molecule has 0 spiro atoms. The van der Waals surface area contributed by atoms with Gasteiger partial charge in [-0.05, 0) is 48.4 Å². The lowest BCUT2D eigenvalue weighted by molar-refractivity contribution is -0.324. The predicted octanol–water partition coefficient (Wildman–Crippen LogP) is 6.75. The molecule has 0 radical (unpaired) electrons. The number of methoxy groups -OCH3 is 1. The topological polar surface area (TPSA) is 72.5 Å². The van der Waals surface area contributed by atoms with E-state index in [4.69, 9.17) is 28.4 Å². The third kappa shape index (κ3) is 6.95. The van der Waals surface area contributed by atoms with Gasteiger partial charge in [0.25, 0.3) is 0 Å². The number of hydrogen-bond donors (Lipinski definition) is 0. The molecule has 4 aromatic carbocycles. The number of fused-ring (bicyclic) bond motifs is 1. The fourth-order valence-corrected chi connectivity index (χ4v) is 6.44. The van der Waals surface area contributed by atoms with Gasteiger partial charge in [-0.25, -0.2) is 4.79 Å². The van der Waals surface area contributed by atoms with Crippen molar-refractivity contribution >= 4 is 17.7 Å². The van der Waals surface area contributed by atoms with Crippen molar-refractivity contribution in [3.63, 3.8) is 0 Å². The van der Waals surface area contributed by atoms with Crippen LogP contribution in [0.25, 0.3) is 0 Å². The number of esters is 1. The maximum Gasteiger partial charge on any atom is 0.338 e. The van der Waals surface area contributed by atoms with Crippen molar-refractivity contribution in [2.75, 3.05) is 13.7 Å². The summed E-state index contributed by atoms with van der Waals surface area (Å²) in [7, 11) is 1.63. The molecule has 6 atom stereocenters. The Hall–Kier alpha value is -3.66. The molecule has 43 heavy (non-hydrogen) atoms. The Morgan fingerprint density at radius 1 is 0.837 bits per heavy atom. The molecule has 8 heteroatoms. The fraction of sp³-hybridized carbons (Fsp3) is 0.286. The highest BCUT2D eigenvalue weighted by molar-refractivity contribution is 7.99. The summed E-state index contributed by atoms with van der Waals surface area (Å²) < 4.78 is 37.6. The van der Waals surface area contributed by atoms with Crippen LogP contribution in [0.5, 0.6) is 5.75 Å². The lowest BCUT2D eigenvalue weighted by Gasteiger charge is -2.48. The summed E-state index contributed by atoms with van der Waals surface area (Å²) in [5.41, 5.74) is 2.83. The van der Waals surface area contributed by atoms with Crippen LogP contribution in [-0.2, 0) is 30.3 Å². The number of carbonyl (C=O) groups excluding carboxylic acids is 1. The first-order chi connectivity index (χ1) is 21.1.